The number of benzene rings is 2. The van der Waals surface area contributed by atoms with E-state index in [0.29, 0.717) is 0 Å². The molecule has 1 N–H and O–H groups in total. The van der Waals surface area contributed by atoms with Crippen molar-refractivity contribution in [2.75, 3.05) is 0 Å². The second-order valence-electron chi connectivity index (χ2n) is 7.68. The molecule has 0 atom stereocenters. The Labute approximate surface area is 153 Å². The van der Waals surface area contributed by atoms with E-state index in [1.165, 1.54) is 0 Å². The van der Waals surface area contributed by atoms with E-state index >= 15 is 0 Å². The minimum atomic E-state index is -0.962. The molecule has 2 aromatic carbocycles. The van der Waals surface area contributed by atoms with Crippen molar-refractivity contribution in [3.8, 4) is 0 Å². The van der Waals surface area contributed by atoms with Crippen molar-refractivity contribution < 1.29 is 14.2 Å². The average molecular weight is 346 g/mol. The van der Waals surface area contributed by atoms with Gasteiger partial charge in [0.25, 0.3) is 0 Å². The molecule has 0 aliphatic rings. The van der Waals surface area contributed by atoms with E-state index in [2.05, 4.69) is 4.98 Å². The van der Waals surface area contributed by atoms with Crippen LogP contribution >= 0.6 is 0 Å². The zero-order valence-electron chi connectivity index (χ0n) is 15.4. The predicted octanol–water partition coefficient (Wildman–Crippen LogP) is 3.94. The molecule has 2 aromatic heterocycles. The van der Waals surface area contributed by atoms with Crippen LogP contribution in [0.4, 0.5) is 0 Å². The summed E-state index contributed by atoms with van der Waals surface area (Å²) >= 11 is 0. The van der Waals surface area contributed by atoms with Gasteiger partial charge in [0.1, 0.15) is 11.2 Å². The predicted molar refractivity (Wildman–Crippen MR) is 106 cm³/mol. The van der Waals surface area contributed by atoms with Gasteiger partial charge in [0, 0.05) is 17.0 Å². The van der Waals surface area contributed by atoms with Crippen molar-refractivity contribution in [3.63, 3.8) is 0 Å². The zero-order chi connectivity index (χ0) is 18.5. The van der Waals surface area contributed by atoms with E-state index in [-0.39, 0.29) is 0 Å². The van der Waals surface area contributed by atoms with E-state index in [1.54, 1.807) is 27.5 Å². The molecule has 1 radical (unpaired) electrons. The first kappa shape index (κ1) is 17.1. The molecule has 5 heteroatoms. The van der Waals surface area contributed by atoms with Crippen molar-refractivity contribution in [2.24, 2.45) is 0 Å². The molecule has 131 valence electrons. The molecular formula is C21H21BNO3. The Balaban J connectivity index is 1.79. The van der Waals surface area contributed by atoms with Crippen LogP contribution in [0.2, 0.25) is 0 Å². The summed E-state index contributed by atoms with van der Waals surface area (Å²) < 4.78 is 11.9. The number of rotatable bonds is 4. The first-order chi connectivity index (χ1) is 12.3. The van der Waals surface area contributed by atoms with E-state index in [0.717, 1.165) is 38.3 Å². The summed E-state index contributed by atoms with van der Waals surface area (Å²) in [6, 6.07) is 13.9. The van der Waals surface area contributed by atoms with E-state index in [9.17, 15) is 5.11 Å². The lowest BCUT2D eigenvalue weighted by molar-refractivity contribution is -0.0893. The van der Waals surface area contributed by atoms with Gasteiger partial charge in [-0.25, -0.2) is 0 Å². The van der Waals surface area contributed by atoms with Gasteiger partial charge in [-0.2, -0.15) is 0 Å². The molecule has 4 nitrogen and oxygen atoms in total. The molecule has 4 aromatic rings. The van der Waals surface area contributed by atoms with Crippen LogP contribution in [0.5, 0.6) is 0 Å². The maximum absolute atomic E-state index is 10.3. The first-order valence-electron chi connectivity index (χ1n) is 8.70. The maximum Gasteiger partial charge on any atom is 0.330 e. The summed E-state index contributed by atoms with van der Waals surface area (Å²) in [5.41, 5.74) is 1.80. The van der Waals surface area contributed by atoms with Crippen molar-refractivity contribution in [2.45, 2.75) is 38.9 Å². The second-order valence-corrected chi connectivity index (χ2v) is 7.68. The fourth-order valence-corrected chi connectivity index (χ4v) is 2.86. The molecule has 0 unspecified atom stereocenters. The average Bonchev–Trinajstić information content (AvgIpc) is 2.97. The molecule has 0 saturated heterocycles. The van der Waals surface area contributed by atoms with Gasteiger partial charge in [-0.15, -0.1) is 0 Å². The Kier molecular flexibility index (Phi) is 3.83. The highest BCUT2D eigenvalue weighted by Gasteiger charge is 2.35. The van der Waals surface area contributed by atoms with Crippen LogP contribution in [-0.4, -0.2) is 28.8 Å². The number of hydrogen-bond donors (Lipinski definition) is 1. The van der Waals surface area contributed by atoms with Crippen LogP contribution in [0.3, 0.4) is 0 Å². The Morgan fingerprint density at radius 1 is 1.04 bits per heavy atom. The number of fused-ring (bicyclic) bond motifs is 5. The summed E-state index contributed by atoms with van der Waals surface area (Å²) in [5.74, 6) is 0. The Bertz CT molecular complexity index is 1110. The highest BCUT2D eigenvalue weighted by molar-refractivity contribution is 6.47. The van der Waals surface area contributed by atoms with E-state index < -0.39 is 11.2 Å². The van der Waals surface area contributed by atoms with Gasteiger partial charge in [0.05, 0.1) is 22.1 Å². The number of furan rings is 1. The molecule has 0 spiro atoms. The van der Waals surface area contributed by atoms with Crippen LogP contribution in [0.1, 0.15) is 27.7 Å². The third-order valence-electron chi connectivity index (χ3n) is 5.19. The van der Waals surface area contributed by atoms with Crippen LogP contribution in [0.25, 0.3) is 32.8 Å². The minimum absolute atomic E-state index is 0.714. The van der Waals surface area contributed by atoms with Gasteiger partial charge in [-0.1, -0.05) is 23.7 Å². The fourth-order valence-electron chi connectivity index (χ4n) is 2.86. The van der Waals surface area contributed by atoms with E-state index in [4.69, 9.17) is 9.07 Å². The largest absolute Gasteiger partial charge is 0.456 e. The summed E-state index contributed by atoms with van der Waals surface area (Å²) in [6.07, 6.45) is 1.80. The lowest BCUT2D eigenvalue weighted by Crippen LogP contribution is -2.49. The van der Waals surface area contributed by atoms with Gasteiger partial charge in [-0.05, 0) is 52.0 Å². The standard InChI is InChI=1S/C21H21BNO3/c1-20(2,24)21(3,4)26-22-14-8-10-16-15(12-14)18-17(25-16)9-7-13-6-5-11-23-19(13)18/h5-12,24H,1-4H3. The summed E-state index contributed by atoms with van der Waals surface area (Å²) in [5, 5.41) is 13.3. The molecule has 0 bridgehead atoms. The maximum atomic E-state index is 10.3. The monoisotopic (exact) mass is 346 g/mol. The third kappa shape index (κ3) is 2.77. The molecule has 0 aliphatic carbocycles. The van der Waals surface area contributed by atoms with Crippen LogP contribution in [-0.2, 0) is 4.65 Å². The highest BCUT2D eigenvalue weighted by atomic mass is 16.5. The lowest BCUT2D eigenvalue weighted by atomic mass is 9.82. The molecule has 0 saturated carbocycles. The molecule has 2 heterocycles. The highest BCUT2D eigenvalue weighted by Crippen LogP contribution is 2.33. The van der Waals surface area contributed by atoms with Crippen molar-refractivity contribution >= 4 is 45.8 Å². The molecule has 26 heavy (non-hydrogen) atoms. The SMILES string of the molecule is CC(C)(O)C(C)(C)O[B]c1ccc2oc3ccc4cccnc4c3c2c1. The number of aromatic nitrogens is 1. The normalized spacial score (nSPS) is 13.0. The van der Waals surface area contributed by atoms with Crippen LogP contribution in [0, 0.1) is 0 Å². The van der Waals surface area contributed by atoms with Crippen molar-refractivity contribution in [1.82, 2.24) is 4.98 Å². The molecule has 0 amide bonds. The second kappa shape index (κ2) is 5.83. The van der Waals surface area contributed by atoms with Gasteiger partial charge >= 0.3 is 7.48 Å². The van der Waals surface area contributed by atoms with Gasteiger partial charge in [0.15, 0.2) is 0 Å². The Morgan fingerprint density at radius 3 is 2.58 bits per heavy atom. The number of nitrogens with zero attached hydrogens (tertiary/aromatic N) is 1. The lowest BCUT2D eigenvalue weighted by Gasteiger charge is -2.37. The number of aliphatic hydroxyl groups is 1. The first-order valence-corrected chi connectivity index (χ1v) is 8.70. The Hall–Kier alpha value is -2.37. The molecule has 0 aliphatic heterocycles. The number of hydrogen-bond acceptors (Lipinski definition) is 4. The Morgan fingerprint density at radius 2 is 1.81 bits per heavy atom. The topological polar surface area (TPSA) is 55.5 Å². The van der Waals surface area contributed by atoms with Gasteiger partial charge in [0.2, 0.25) is 0 Å². The van der Waals surface area contributed by atoms with Crippen LogP contribution < -0.4 is 5.46 Å². The smallest absolute Gasteiger partial charge is 0.330 e. The molecule has 0 fully saturated rings. The van der Waals surface area contributed by atoms with Crippen molar-refractivity contribution in [3.05, 3.63) is 48.7 Å². The van der Waals surface area contributed by atoms with Crippen molar-refractivity contribution in [1.29, 1.82) is 0 Å². The van der Waals surface area contributed by atoms with Gasteiger partial charge < -0.3 is 14.2 Å². The van der Waals surface area contributed by atoms with Gasteiger partial charge in [-0.3, -0.25) is 4.98 Å². The molecular weight excluding hydrogens is 325 g/mol. The molecule has 4 rings (SSSR count). The zero-order valence-corrected chi connectivity index (χ0v) is 15.4. The van der Waals surface area contributed by atoms with Crippen LogP contribution in [0.15, 0.2) is 53.1 Å². The third-order valence-corrected chi connectivity index (χ3v) is 5.19. The summed E-state index contributed by atoms with van der Waals surface area (Å²) in [4.78, 5) is 4.54. The quantitative estimate of drug-likeness (QED) is 0.569. The van der Waals surface area contributed by atoms with E-state index in [1.807, 2.05) is 56.3 Å². The number of pyridine rings is 1. The summed E-state index contributed by atoms with van der Waals surface area (Å²) in [7, 11) is 1.69. The fraction of sp³-hybridized carbons (Fsp3) is 0.286. The summed E-state index contributed by atoms with van der Waals surface area (Å²) in [6.45, 7) is 7.22. The minimum Gasteiger partial charge on any atom is -0.456 e.